The van der Waals surface area contributed by atoms with E-state index in [4.69, 9.17) is 93.0 Å². The van der Waals surface area contributed by atoms with Crippen molar-refractivity contribution < 1.29 is 182 Å². The van der Waals surface area contributed by atoms with Crippen molar-refractivity contribution in [2.45, 2.75) is 243 Å². The highest BCUT2D eigenvalue weighted by Gasteiger charge is 2.47. The van der Waals surface area contributed by atoms with Crippen LogP contribution < -0.4 is 5.32 Å². The lowest BCUT2D eigenvalue weighted by Gasteiger charge is -2.42. The molecule has 20 atom stereocenters. The molecule has 3 aliphatic heterocycles. The molecular weight excluding hydrogens is 1560 g/mol. The monoisotopic (exact) mass is 1700 g/mol. The molecule has 0 aliphatic carbocycles. The zero-order valence-corrected chi connectivity index (χ0v) is 69.1. The summed E-state index contributed by atoms with van der Waals surface area (Å²) in [6, 6.07) is -1.09. The molecule has 0 aromatic heterocycles. The minimum Gasteiger partial charge on any atom is -0.394 e. The number of rotatable bonds is 70. The fourth-order valence-corrected chi connectivity index (χ4v) is 14.6. The number of aliphatic hydroxyl groups is 9. The van der Waals surface area contributed by atoms with Gasteiger partial charge in [-0.05, 0) is 90.9 Å². The van der Waals surface area contributed by atoms with Crippen molar-refractivity contribution in [3.63, 3.8) is 0 Å². The molecule has 11 unspecified atom stereocenters. The van der Waals surface area contributed by atoms with Crippen LogP contribution in [0.1, 0.15) is 157 Å². The molecular formula is C68H135NO38P4. The van der Waals surface area contributed by atoms with E-state index in [0.29, 0.717) is 103 Å². The molecule has 111 heavy (non-hydrogen) atoms. The Morgan fingerprint density at radius 2 is 0.685 bits per heavy atom. The van der Waals surface area contributed by atoms with Crippen molar-refractivity contribution >= 4 is 37.2 Å². The predicted octanol–water partition coefficient (Wildman–Crippen LogP) is 3.82. The first-order valence-corrected chi connectivity index (χ1v) is 44.8. The summed E-state index contributed by atoms with van der Waals surface area (Å²) in [6.07, 6.45) is -5.29. The topological polar surface area (TPSA) is 545 Å². The van der Waals surface area contributed by atoms with Gasteiger partial charge >= 0.3 is 31.3 Å². The van der Waals surface area contributed by atoms with Gasteiger partial charge in [0.1, 0.15) is 48.8 Å². The van der Waals surface area contributed by atoms with Crippen molar-refractivity contribution in [3.05, 3.63) is 0 Å². The van der Waals surface area contributed by atoms with Gasteiger partial charge in [0.2, 0.25) is 5.91 Å². The Morgan fingerprint density at radius 3 is 1.02 bits per heavy atom. The summed E-state index contributed by atoms with van der Waals surface area (Å²) in [6.45, 7) is 8.22. The van der Waals surface area contributed by atoms with E-state index in [9.17, 15) is 88.6 Å². The molecule has 0 aromatic carbocycles. The third-order valence-electron chi connectivity index (χ3n) is 18.0. The van der Waals surface area contributed by atoms with E-state index in [2.05, 4.69) is 5.32 Å². The van der Waals surface area contributed by atoms with Gasteiger partial charge in [-0.25, -0.2) is 18.3 Å². The van der Waals surface area contributed by atoms with Crippen LogP contribution in [0.3, 0.4) is 0 Å². The quantitative estimate of drug-likeness (QED) is 0.0304. The normalized spacial score (nSPS) is 27.6. The molecule has 3 rings (SSSR count). The average Bonchev–Trinajstić information content (AvgIpc) is 0.823. The van der Waals surface area contributed by atoms with Gasteiger partial charge in [-0.1, -0.05) is 59.3 Å². The largest absolute Gasteiger partial charge is 0.472 e. The van der Waals surface area contributed by atoms with Gasteiger partial charge in [0.25, 0.3) is 0 Å². The molecule has 0 saturated carbocycles. The number of nitrogens with one attached hydrogen (secondary N) is 1. The summed E-state index contributed by atoms with van der Waals surface area (Å²) in [7, 11) is -18.5. The third-order valence-corrected chi connectivity index (χ3v) is 22.0. The average molecular weight is 1700 g/mol. The van der Waals surface area contributed by atoms with Crippen LogP contribution in [0.2, 0.25) is 0 Å². The third kappa shape index (κ3) is 45.3. The number of hydrogen-bond acceptors (Lipinski definition) is 34. The second-order valence-electron chi connectivity index (χ2n) is 28.2. The second kappa shape index (κ2) is 58.9. The number of phosphoric acid groups is 4. The minimum atomic E-state index is -4.84. The Labute approximate surface area is 653 Å². The first-order chi connectivity index (χ1) is 52.8. The number of ether oxygens (including phenoxy) is 12. The van der Waals surface area contributed by atoms with E-state index in [-0.39, 0.29) is 150 Å². The van der Waals surface area contributed by atoms with Gasteiger partial charge in [-0.2, -0.15) is 0 Å². The maximum atomic E-state index is 13.6. The lowest BCUT2D eigenvalue weighted by molar-refractivity contribution is -0.282. The summed E-state index contributed by atoms with van der Waals surface area (Å²) < 4.78 is 164. The van der Waals surface area contributed by atoms with E-state index in [1.807, 2.05) is 20.8 Å². The Balaban J connectivity index is 1.61. The first kappa shape index (κ1) is 104. The molecule has 0 spiro atoms. The van der Waals surface area contributed by atoms with Gasteiger partial charge in [-0.3, -0.25) is 41.0 Å². The van der Waals surface area contributed by atoms with Crippen molar-refractivity contribution in [1.82, 2.24) is 5.32 Å². The Bertz CT molecular complexity index is 2480. The van der Waals surface area contributed by atoms with Crippen molar-refractivity contribution in [2.24, 2.45) is 23.2 Å². The number of unbranched alkanes of at least 4 members (excludes halogenated alkanes) is 9. The first-order valence-electron chi connectivity index (χ1n) is 38.8. The summed E-state index contributed by atoms with van der Waals surface area (Å²) in [4.78, 5) is 54.2. The number of carbonyl (C=O) groups is 1. The molecule has 3 heterocycles. The van der Waals surface area contributed by atoms with E-state index in [1.165, 1.54) is 6.92 Å². The molecule has 1 amide bonds. The van der Waals surface area contributed by atoms with Crippen LogP contribution >= 0.6 is 31.3 Å². The predicted molar refractivity (Wildman–Crippen MR) is 394 cm³/mol. The standard InChI is InChI=1S/C68H135NO38P4/c1-7-54(44-88-25-20-33-93-50(2)3)45-89-26-21-37-103-111(86,87)104-49-68(46-90-27-22-38-100-108(80,81)97-34-17-11-8-14-30-94-65-51(4)59(74)61(76)55(41-70)105-65,47-91-28-23-39-101-109(82,83)98-35-18-12-9-15-31-95-66-52(5)60(75)62(77)56(42-71)106-66)48-92-29-24-40-102-110(84,85)99-36-19-13-10-16-32-96-67-58(69-53(6)73)64(79)63(78)57(43-72)107-67/h50-52,54-67,70-72,74-79H,7-49H2,1-6H3,(H,69,73)(H,80,81)(H,82,83)(H,84,85)(H,86,87)/t51?,52?,54?,55?,56?,57?,58?,59-,60-,61+,62+,63+,64-,65-,66-,67-,68?/m1/s1. The highest BCUT2D eigenvalue weighted by atomic mass is 31.2. The van der Waals surface area contributed by atoms with Crippen molar-refractivity contribution in [3.8, 4) is 0 Å². The van der Waals surface area contributed by atoms with E-state index in [0.717, 1.165) is 12.8 Å². The van der Waals surface area contributed by atoms with Crippen LogP contribution in [0.25, 0.3) is 0 Å². The van der Waals surface area contributed by atoms with Gasteiger partial charge in [0, 0.05) is 84.1 Å². The summed E-state index contributed by atoms with van der Waals surface area (Å²) in [5.74, 6) is -1.47. The highest BCUT2D eigenvalue weighted by Crippen LogP contribution is 2.47. The second-order valence-corrected chi connectivity index (χ2v) is 34.0. The molecule has 660 valence electrons. The molecule has 0 radical (unpaired) electrons. The van der Waals surface area contributed by atoms with Crippen LogP contribution in [-0.4, -0.2) is 323 Å². The van der Waals surface area contributed by atoms with E-state index < -0.39 is 161 Å². The molecule has 3 saturated heterocycles. The van der Waals surface area contributed by atoms with E-state index >= 15 is 0 Å². The molecule has 3 fully saturated rings. The van der Waals surface area contributed by atoms with Gasteiger partial charge < -0.3 is 128 Å². The summed E-state index contributed by atoms with van der Waals surface area (Å²) >= 11 is 0. The molecule has 0 aromatic rings. The highest BCUT2D eigenvalue weighted by molar-refractivity contribution is 7.48. The van der Waals surface area contributed by atoms with E-state index in [1.54, 1.807) is 13.8 Å². The lowest BCUT2D eigenvalue weighted by Crippen LogP contribution is -2.64. The molecule has 43 heteroatoms. The number of phosphoric ester groups is 4. The fourth-order valence-electron chi connectivity index (χ4n) is 11.4. The number of amides is 1. The zero-order chi connectivity index (χ0) is 82.1. The van der Waals surface area contributed by atoms with Crippen molar-refractivity contribution in [2.75, 3.05) is 165 Å². The van der Waals surface area contributed by atoms with Crippen LogP contribution in [0.5, 0.6) is 0 Å². The Hall–Kier alpha value is -0.930. The van der Waals surface area contributed by atoms with Gasteiger partial charge in [0.15, 0.2) is 18.9 Å². The summed E-state index contributed by atoms with van der Waals surface area (Å²) in [5, 5.41) is 92.6. The van der Waals surface area contributed by atoms with Crippen LogP contribution in [0.15, 0.2) is 0 Å². The molecule has 0 bridgehead atoms. The summed E-state index contributed by atoms with van der Waals surface area (Å²) in [5.41, 5.74) is -1.46. The maximum absolute atomic E-state index is 13.6. The zero-order valence-electron chi connectivity index (χ0n) is 65.5. The SMILES string of the molecule is CCC(COCCCOC(C)C)COCCCOP(=O)(O)OCC(COCCCOP(=O)(O)OCCCCCCO[C@@H]1OC(CO)[C@H](O)[C@H](O)C1C)(COCCCOP(=O)(O)OCCCCCCO[C@@H]1OC(CO)[C@H](O)[C@H](O)C1C)COCCCOP(=O)(O)OCCCCCCO[C@@H]1OC(CO)[C@H](O)[C@H](O)C1NC(C)=O. The molecule has 3 aliphatic rings. The Morgan fingerprint density at radius 1 is 0.387 bits per heavy atom. The fraction of sp³-hybridized carbons (Fsp3) is 0.985. The maximum Gasteiger partial charge on any atom is 0.472 e. The van der Waals surface area contributed by atoms with Gasteiger partial charge in [0.05, 0.1) is 129 Å². The number of aliphatic hydroxyl groups excluding tert-OH is 9. The number of carbonyl (C=O) groups excluding carboxylic acids is 1. The lowest BCUT2D eigenvalue weighted by atomic mass is 9.92. The molecule has 14 N–H and O–H groups in total. The van der Waals surface area contributed by atoms with Crippen LogP contribution in [-0.2, 0) is 116 Å². The number of hydrogen-bond donors (Lipinski definition) is 14. The van der Waals surface area contributed by atoms with Crippen LogP contribution in [0.4, 0.5) is 0 Å². The minimum absolute atomic E-state index is 0.0220. The van der Waals surface area contributed by atoms with Gasteiger partial charge in [-0.15, -0.1) is 0 Å². The van der Waals surface area contributed by atoms with Crippen LogP contribution in [0, 0.1) is 23.2 Å². The molecule has 39 nitrogen and oxygen atoms in total. The Kier molecular flexibility index (Phi) is 55.3. The smallest absolute Gasteiger partial charge is 0.394 e. The van der Waals surface area contributed by atoms with Crippen molar-refractivity contribution in [1.29, 1.82) is 0 Å².